The number of benzene rings is 2. The lowest BCUT2D eigenvalue weighted by Gasteiger charge is -2.35. The number of rotatable bonds is 6. The van der Waals surface area contributed by atoms with Crippen LogP contribution in [0.5, 0.6) is 0 Å². The maximum atomic E-state index is 13.7. The molecule has 1 saturated heterocycles. The summed E-state index contributed by atoms with van der Waals surface area (Å²) in [5.74, 6) is -0.254. The van der Waals surface area contributed by atoms with Crippen LogP contribution in [-0.2, 0) is 11.3 Å². The van der Waals surface area contributed by atoms with Gasteiger partial charge >= 0.3 is 0 Å². The van der Waals surface area contributed by atoms with Crippen molar-refractivity contribution in [3.63, 3.8) is 0 Å². The average Bonchev–Trinajstić information content (AvgIpc) is 3.28. The van der Waals surface area contributed by atoms with Crippen molar-refractivity contribution >= 4 is 11.8 Å². The fourth-order valence-electron chi connectivity index (χ4n) is 4.43. The number of piperazine rings is 1. The largest absolute Gasteiger partial charge is 0.383 e. The number of pyridine rings is 1. The van der Waals surface area contributed by atoms with Crippen molar-refractivity contribution in [2.45, 2.75) is 6.54 Å². The number of nitrogens with zero attached hydrogens (tertiary/aromatic N) is 5. The van der Waals surface area contributed by atoms with Crippen LogP contribution in [0.2, 0.25) is 0 Å². The number of aromatic nitrogens is 3. The van der Waals surface area contributed by atoms with Gasteiger partial charge < -0.3 is 19.1 Å². The number of amides is 2. The van der Waals surface area contributed by atoms with Gasteiger partial charge in [-0.1, -0.05) is 36.4 Å². The van der Waals surface area contributed by atoms with Crippen LogP contribution in [0.4, 0.5) is 0 Å². The molecule has 1 fully saturated rings. The highest BCUT2D eigenvalue weighted by Crippen LogP contribution is 2.24. The molecule has 3 aliphatic heterocycles. The van der Waals surface area contributed by atoms with E-state index in [1.165, 1.54) is 4.68 Å². The van der Waals surface area contributed by atoms with Crippen LogP contribution in [0.15, 0.2) is 77.9 Å². The third-order valence-electron chi connectivity index (χ3n) is 6.38. The molecule has 0 N–H and O–H groups in total. The molecule has 2 aromatic carbocycles. The third kappa shape index (κ3) is 4.52. The monoisotopic (exact) mass is 485 g/mol. The number of methoxy groups -OCH3 is 1. The summed E-state index contributed by atoms with van der Waals surface area (Å²) < 4.78 is 8.33. The van der Waals surface area contributed by atoms with Gasteiger partial charge in [-0.2, -0.15) is 9.78 Å². The average molecular weight is 486 g/mol. The molecule has 0 atom stereocenters. The maximum Gasteiger partial charge on any atom is 0.282 e. The van der Waals surface area contributed by atoms with Crippen molar-refractivity contribution in [3.05, 3.63) is 94.5 Å². The lowest BCUT2D eigenvalue weighted by molar-refractivity contribution is 0.0535. The lowest BCUT2D eigenvalue weighted by atomic mass is 10.1. The van der Waals surface area contributed by atoms with Crippen LogP contribution in [0.1, 0.15) is 20.7 Å². The van der Waals surface area contributed by atoms with E-state index in [2.05, 4.69) is 5.10 Å². The van der Waals surface area contributed by atoms with Crippen molar-refractivity contribution in [2.24, 2.45) is 0 Å². The van der Waals surface area contributed by atoms with Gasteiger partial charge in [0.05, 0.1) is 23.4 Å². The topological polar surface area (TPSA) is 89.7 Å². The van der Waals surface area contributed by atoms with Crippen LogP contribution in [0.3, 0.4) is 0 Å². The zero-order valence-electron chi connectivity index (χ0n) is 20.0. The predicted molar refractivity (Wildman–Crippen MR) is 135 cm³/mol. The van der Waals surface area contributed by atoms with E-state index in [9.17, 15) is 14.4 Å². The summed E-state index contributed by atoms with van der Waals surface area (Å²) >= 11 is 0. The molecule has 3 heterocycles. The quantitative estimate of drug-likeness (QED) is 0.418. The highest BCUT2D eigenvalue weighted by atomic mass is 16.5. The van der Waals surface area contributed by atoms with Gasteiger partial charge in [0.15, 0.2) is 0 Å². The molecule has 2 amide bonds. The fraction of sp³-hybridized carbons (Fsp3) is 0.259. The molecule has 0 aliphatic carbocycles. The molecular formula is C27H27N5O4. The van der Waals surface area contributed by atoms with E-state index in [-0.39, 0.29) is 17.4 Å². The summed E-state index contributed by atoms with van der Waals surface area (Å²) in [4.78, 5) is 43.2. The predicted octanol–water partition coefficient (Wildman–Crippen LogP) is 2.38. The standard InChI is InChI=1S/C27H27N5O4/c1-36-17-16-29-18-22(24-23(19-29)27(35)32(28-24)21-10-6-3-7-11-21)26(34)31-14-12-30(13-15-31)25(33)20-8-4-2-5-9-20/h2-11,18-19H,12-17H2,1H3. The molecule has 5 rings (SSSR count). The second-order valence-corrected chi connectivity index (χ2v) is 8.67. The van der Waals surface area contributed by atoms with E-state index in [0.717, 1.165) is 0 Å². The Labute approximate surface area is 208 Å². The van der Waals surface area contributed by atoms with E-state index >= 15 is 0 Å². The first-order valence-corrected chi connectivity index (χ1v) is 11.9. The zero-order chi connectivity index (χ0) is 25.1. The molecule has 9 nitrogen and oxygen atoms in total. The van der Waals surface area contributed by atoms with Gasteiger partial charge in [0, 0.05) is 57.8 Å². The molecule has 3 aliphatic rings. The third-order valence-corrected chi connectivity index (χ3v) is 6.38. The second kappa shape index (κ2) is 10.2. The van der Waals surface area contributed by atoms with Gasteiger partial charge in [-0.15, -0.1) is 0 Å². The minimum atomic E-state index is -0.282. The number of carbonyl (C=O) groups is 2. The van der Waals surface area contributed by atoms with Crippen molar-refractivity contribution < 1.29 is 14.3 Å². The SMILES string of the molecule is COCCn1cc(C(=O)N2CCN(C(=O)c3ccccc3)CC2)c2nn(-c3ccccc3)c(=O)c-2c1. The smallest absolute Gasteiger partial charge is 0.282 e. The molecule has 0 unspecified atom stereocenters. The Bertz CT molecular complexity index is 1390. The van der Waals surface area contributed by atoms with E-state index in [0.29, 0.717) is 67.4 Å². The Balaban J connectivity index is 1.43. The lowest BCUT2D eigenvalue weighted by Crippen LogP contribution is -2.50. The van der Waals surface area contributed by atoms with Crippen molar-refractivity contribution in [1.29, 1.82) is 0 Å². The molecule has 0 aromatic heterocycles. The normalized spacial score (nSPS) is 13.8. The van der Waals surface area contributed by atoms with Gasteiger partial charge in [0.2, 0.25) is 0 Å². The van der Waals surface area contributed by atoms with Gasteiger partial charge in [0.25, 0.3) is 17.4 Å². The number of carbonyl (C=O) groups excluding carboxylic acids is 2. The van der Waals surface area contributed by atoms with Crippen LogP contribution in [0.25, 0.3) is 16.9 Å². The summed E-state index contributed by atoms with van der Waals surface area (Å²) in [5, 5.41) is 4.55. The second-order valence-electron chi connectivity index (χ2n) is 8.67. The molecular weight excluding hydrogens is 458 g/mol. The Morgan fingerprint density at radius 2 is 1.47 bits per heavy atom. The molecule has 9 heteroatoms. The van der Waals surface area contributed by atoms with E-state index < -0.39 is 0 Å². The number of hydrogen-bond acceptors (Lipinski definition) is 5. The Morgan fingerprint density at radius 3 is 2.11 bits per heavy atom. The van der Waals surface area contributed by atoms with Gasteiger partial charge in [-0.3, -0.25) is 14.4 Å². The number of hydrogen-bond donors (Lipinski definition) is 0. The fourth-order valence-corrected chi connectivity index (χ4v) is 4.43. The van der Waals surface area contributed by atoms with Crippen molar-refractivity contribution in [1.82, 2.24) is 24.1 Å². The summed E-state index contributed by atoms with van der Waals surface area (Å²) in [6.45, 7) is 2.59. The Kier molecular flexibility index (Phi) is 6.64. The number of fused-ring (bicyclic) bond motifs is 1. The Morgan fingerprint density at radius 1 is 0.861 bits per heavy atom. The zero-order valence-corrected chi connectivity index (χ0v) is 20.0. The molecule has 0 radical (unpaired) electrons. The van der Waals surface area contributed by atoms with Crippen molar-refractivity contribution in [3.8, 4) is 16.9 Å². The first-order valence-electron chi connectivity index (χ1n) is 11.9. The van der Waals surface area contributed by atoms with Gasteiger partial charge in [-0.25, -0.2) is 0 Å². The molecule has 0 spiro atoms. The number of ether oxygens (including phenoxy) is 1. The highest BCUT2D eigenvalue weighted by Gasteiger charge is 2.30. The van der Waals surface area contributed by atoms with Crippen LogP contribution in [-0.4, -0.2) is 75.9 Å². The summed E-state index contributed by atoms with van der Waals surface area (Å²) in [6.07, 6.45) is 3.45. The summed E-state index contributed by atoms with van der Waals surface area (Å²) in [5.41, 5.74) is 2.08. The highest BCUT2D eigenvalue weighted by molar-refractivity contribution is 6.00. The van der Waals surface area contributed by atoms with Crippen LogP contribution >= 0.6 is 0 Å². The minimum absolute atomic E-state index is 0.0418. The van der Waals surface area contributed by atoms with E-state index in [1.54, 1.807) is 58.1 Å². The molecule has 2 aromatic rings. The van der Waals surface area contributed by atoms with E-state index in [1.807, 2.05) is 36.4 Å². The Hall–Kier alpha value is -4.24. The van der Waals surface area contributed by atoms with Crippen LogP contribution in [0, 0.1) is 0 Å². The molecule has 0 bridgehead atoms. The van der Waals surface area contributed by atoms with Gasteiger partial charge in [-0.05, 0) is 24.3 Å². The first kappa shape index (κ1) is 23.5. The summed E-state index contributed by atoms with van der Waals surface area (Å²) in [7, 11) is 1.60. The van der Waals surface area contributed by atoms with E-state index in [4.69, 9.17) is 4.74 Å². The minimum Gasteiger partial charge on any atom is -0.383 e. The molecule has 0 saturated carbocycles. The van der Waals surface area contributed by atoms with Crippen LogP contribution < -0.4 is 5.56 Å². The maximum absolute atomic E-state index is 13.7. The summed E-state index contributed by atoms with van der Waals surface area (Å²) in [6, 6.07) is 18.3. The number of para-hydroxylation sites is 1. The van der Waals surface area contributed by atoms with Gasteiger partial charge in [0.1, 0.15) is 5.69 Å². The first-order chi connectivity index (χ1) is 17.6. The molecule has 36 heavy (non-hydrogen) atoms. The molecule has 184 valence electrons. The van der Waals surface area contributed by atoms with Crippen molar-refractivity contribution in [2.75, 3.05) is 39.9 Å².